The smallest absolute Gasteiger partial charge is 0.244 e. The van der Waals surface area contributed by atoms with E-state index in [1.807, 2.05) is 26.8 Å². The van der Waals surface area contributed by atoms with Crippen LogP contribution >= 0.6 is 12.2 Å². The Morgan fingerprint density at radius 1 is 1.53 bits per heavy atom. The Morgan fingerprint density at radius 3 is 2.68 bits per heavy atom. The number of carbonyl (C=O) groups excluding carboxylic acids is 1. The predicted octanol–water partition coefficient (Wildman–Crippen LogP) is 1.38. The van der Waals surface area contributed by atoms with E-state index in [-0.39, 0.29) is 16.9 Å². The minimum absolute atomic E-state index is 0.0442. The third-order valence-corrected chi connectivity index (χ3v) is 3.05. The number of nitrogens with zero attached hydrogens (tertiary/aromatic N) is 2. The number of amides is 1. The van der Waals surface area contributed by atoms with Gasteiger partial charge in [-0.05, 0) is 32.9 Å². The average Bonchev–Trinajstić information content (AvgIpc) is 2.40. The van der Waals surface area contributed by atoms with Crippen molar-refractivity contribution in [2.24, 2.45) is 5.73 Å². The molecule has 0 aliphatic rings. The Morgan fingerprint density at radius 2 is 2.16 bits per heavy atom. The Kier molecular flexibility index (Phi) is 5.69. The number of anilines is 1. The summed E-state index contributed by atoms with van der Waals surface area (Å²) in [6.07, 6.45) is 1.62. The summed E-state index contributed by atoms with van der Waals surface area (Å²) < 4.78 is 0. The first-order valence-corrected chi connectivity index (χ1v) is 6.72. The Balaban J connectivity index is 2.85. The zero-order valence-corrected chi connectivity index (χ0v) is 12.3. The molecule has 19 heavy (non-hydrogen) atoms. The molecule has 1 rings (SSSR count). The molecule has 1 unspecified atom stereocenters. The first-order valence-electron chi connectivity index (χ1n) is 6.31. The number of hydrogen-bond donors (Lipinski definition) is 2. The molecule has 1 aromatic rings. The molecule has 104 valence electrons. The molecule has 0 saturated carbocycles. The number of carbonyl (C=O) groups is 1. The number of pyridine rings is 1. The maximum atomic E-state index is 12.2. The fourth-order valence-corrected chi connectivity index (χ4v) is 1.98. The van der Waals surface area contributed by atoms with Crippen molar-refractivity contribution in [1.82, 2.24) is 9.88 Å². The fraction of sp³-hybridized carbons (Fsp3) is 0.462. The highest BCUT2D eigenvalue weighted by Gasteiger charge is 2.19. The first kappa shape index (κ1) is 15.4. The lowest BCUT2D eigenvalue weighted by Gasteiger charge is -2.24. The quantitative estimate of drug-likeness (QED) is 0.770. The zero-order valence-electron chi connectivity index (χ0n) is 11.5. The van der Waals surface area contributed by atoms with E-state index in [9.17, 15) is 4.79 Å². The van der Waals surface area contributed by atoms with Crippen LogP contribution in [-0.2, 0) is 4.79 Å². The van der Waals surface area contributed by atoms with Crippen LogP contribution < -0.4 is 11.1 Å². The summed E-state index contributed by atoms with van der Waals surface area (Å²) >= 11 is 4.95. The molecule has 1 atom stereocenters. The number of rotatable bonds is 6. The van der Waals surface area contributed by atoms with E-state index in [1.54, 1.807) is 17.2 Å². The van der Waals surface area contributed by atoms with Gasteiger partial charge in [0.2, 0.25) is 5.91 Å². The lowest BCUT2D eigenvalue weighted by molar-refractivity contribution is -0.131. The molecule has 0 aliphatic heterocycles. The molecule has 0 fully saturated rings. The molecule has 0 aromatic carbocycles. The lowest BCUT2D eigenvalue weighted by atomic mass is 10.2. The van der Waals surface area contributed by atoms with E-state index in [2.05, 4.69) is 10.3 Å². The molecule has 0 spiro atoms. The largest absolute Gasteiger partial charge is 0.388 e. The normalized spacial score (nSPS) is 11.7. The Hall–Kier alpha value is -1.69. The van der Waals surface area contributed by atoms with E-state index in [4.69, 9.17) is 18.0 Å². The van der Waals surface area contributed by atoms with E-state index in [1.165, 1.54) is 0 Å². The number of nitrogens with two attached hydrogens (primary N) is 1. The van der Waals surface area contributed by atoms with Gasteiger partial charge < -0.3 is 16.0 Å². The van der Waals surface area contributed by atoms with Gasteiger partial charge >= 0.3 is 0 Å². The molecule has 0 aliphatic carbocycles. The summed E-state index contributed by atoms with van der Waals surface area (Å²) in [6, 6.07) is 3.24. The van der Waals surface area contributed by atoms with Crippen LogP contribution in [0.15, 0.2) is 18.3 Å². The van der Waals surface area contributed by atoms with Crippen molar-refractivity contribution in [2.75, 3.05) is 18.4 Å². The van der Waals surface area contributed by atoms with Crippen molar-refractivity contribution in [2.45, 2.75) is 26.8 Å². The molecule has 6 heteroatoms. The number of likely N-dealkylation sites (N-methyl/N-ethyl adjacent to an activating group) is 1. The number of hydrogen-bond acceptors (Lipinski definition) is 4. The number of nitrogens with one attached hydrogen (secondary N) is 1. The van der Waals surface area contributed by atoms with Crippen LogP contribution in [0, 0.1) is 0 Å². The van der Waals surface area contributed by atoms with Gasteiger partial charge in [0.25, 0.3) is 0 Å². The van der Waals surface area contributed by atoms with Crippen LogP contribution in [0.25, 0.3) is 0 Å². The van der Waals surface area contributed by atoms with E-state index in [0.29, 0.717) is 24.5 Å². The van der Waals surface area contributed by atoms with Gasteiger partial charge in [-0.3, -0.25) is 9.78 Å². The van der Waals surface area contributed by atoms with Gasteiger partial charge in [-0.15, -0.1) is 0 Å². The summed E-state index contributed by atoms with van der Waals surface area (Å²) in [7, 11) is 0. The molecule has 5 nitrogen and oxygen atoms in total. The highest BCUT2D eigenvalue weighted by atomic mass is 32.1. The van der Waals surface area contributed by atoms with Crippen molar-refractivity contribution in [3.05, 3.63) is 24.0 Å². The van der Waals surface area contributed by atoms with Crippen molar-refractivity contribution in [1.29, 1.82) is 0 Å². The van der Waals surface area contributed by atoms with Crippen LogP contribution in [0.3, 0.4) is 0 Å². The van der Waals surface area contributed by atoms with Crippen molar-refractivity contribution in [3.8, 4) is 0 Å². The molecular formula is C13H20N4OS. The molecular weight excluding hydrogens is 260 g/mol. The van der Waals surface area contributed by atoms with Gasteiger partial charge in [-0.1, -0.05) is 12.2 Å². The third kappa shape index (κ3) is 3.89. The maximum Gasteiger partial charge on any atom is 0.244 e. The summed E-state index contributed by atoms with van der Waals surface area (Å²) in [4.78, 5) is 18.3. The van der Waals surface area contributed by atoms with Crippen LogP contribution in [0.2, 0.25) is 0 Å². The van der Waals surface area contributed by atoms with Gasteiger partial charge in [-0.25, -0.2) is 0 Å². The summed E-state index contributed by atoms with van der Waals surface area (Å²) in [5.41, 5.74) is 6.81. The summed E-state index contributed by atoms with van der Waals surface area (Å²) in [5, 5.41) is 3.12. The van der Waals surface area contributed by atoms with Crippen molar-refractivity contribution < 1.29 is 4.79 Å². The Bertz CT molecular complexity index is 460. The molecule has 0 radical (unpaired) electrons. The van der Waals surface area contributed by atoms with Crippen LogP contribution in [0.4, 0.5) is 5.69 Å². The minimum atomic E-state index is -0.350. The van der Waals surface area contributed by atoms with Crippen molar-refractivity contribution >= 4 is 28.8 Å². The molecule has 0 bridgehead atoms. The second-order valence-corrected chi connectivity index (χ2v) is 4.58. The second kappa shape index (κ2) is 7.04. The SMILES string of the molecule is CCN(CC)C(=O)C(C)Nc1cccnc1C(N)=S. The van der Waals surface area contributed by atoms with Gasteiger partial charge in [0.15, 0.2) is 0 Å². The van der Waals surface area contributed by atoms with Crippen LogP contribution in [0.5, 0.6) is 0 Å². The number of thiocarbonyl (C=S) groups is 1. The molecule has 3 N–H and O–H groups in total. The average molecular weight is 280 g/mol. The van der Waals surface area contributed by atoms with Gasteiger partial charge in [0.05, 0.1) is 5.69 Å². The Labute approximate surface area is 119 Å². The van der Waals surface area contributed by atoms with E-state index >= 15 is 0 Å². The molecule has 0 saturated heterocycles. The minimum Gasteiger partial charge on any atom is -0.388 e. The van der Waals surface area contributed by atoms with Crippen LogP contribution in [0.1, 0.15) is 26.5 Å². The van der Waals surface area contributed by atoms with Gasteiger partial charge in [-0.2, -0.15) is 0 Å². The number of aromatic nitrogens is 1. The standard InChI is InChI=1S/C13H20N4OS/c1-4-17(5-2)13(18)9(3)16-10-7-6-8-15-11(10)12(14)19/h6-9,16H,4-5H2,1-3H3,(H2,14,19). The molecule has 1 amide bonds. The first-order chi connectivity index (χ1) is 9.01. The molecule has 1 heterocycles. The monoisotopic (exact) mass is 280 g/mol. The third-order valence-electron chi connectivity index (χ3n) is 2.86. The van der Waals surface area contributed by atoms with Gasteiger partial charge in [0, 0.05) is 19.3 Å². The highest BCUT2D eigenvalue weighted by molar-refractivity contribution is 7.80. The predicted molar refractivity (Wildman–Crippen MR) is 81.1 cm³/mol. The molecule has 1 aromatic heterocycles. The van der Waals surface area contributed by atoms with Crippen LogP contribution in [-0.4, -0.2) is 39.9 Å². The lowest BCUT2D eigenvalue weighted by Crippen LogP contribution is -2.41. The fourth-order valence-electron chi connectivity index (χ4n) is 1.82. The van der Waals surface area contributed by atoms with Crippen molar-refractivity contribution in [3.63, 3.8) is 0 Å². The zero-order chi connectivity index (χ0) is 14.4. The van der Waals surface area contributed by atoms with Gasteiger partial charge in [0.1, 0.15) is 16.7 Å². The topological polar surface area (TPSA) is 71.2 Å². The maximum absolute atomic E-state index is 12.2. The second-order valence-electron chi connectivity index (χ2n) is 4.14. The van der Waals surface area contributed by atoms with E-state index in [0.717, 1.165) is 0 Å². The van der Waals surface area contributed by atoms with E-state index < -0.39 is 0 Å². The summed E-state index contributed by atoms with van der Waals surface area (Å²) in [6.45, 7) is 7.11. The highest BCUT2D eigenvalue weighted by Crippen LogP contribution is 2.14. The summed E-state index contributed by atoms with van der Waals surface area (Å²) in [5.74, 6) is 0.0442.